The zero-order valence-corrected chi connectivity index (χ0v) is 16.8. The van der Waals surface area contributed by atoms with Gasteiger partial charge in [0.2, 0.25) is 0 Å². The lowest BCUT2D eigenvalue weighted by atomic mass is 10.0. The van der Waals surface area contributed by atoms with E-state index in [9.17, 15) is 17.2 Å². The Hall–Kier alpha value is -2.93. The number of fused-ring (bicyclic) bond motifs is 1. The summed E-state index contributed by atoms with van der Waals surface area (Å²) in [6, 6.07) is 15.0. The largest absolute Gasteiger partial charge is 0.489 e. The summed E-state index contributed by atoms with van der Waals surface area (Å²) in [5.41, 5.74) is 1.79. The van der Waals surface area contributed by atoms with Gasteiger partial charge in [0.15, 0.2) is 0 Å². The lowest BCUT2D eigenvalue weighted by Crippen LogP contribution is -2.38. The Balaban J connectivity index is 1.59. The normalized spacial score (nSPS) is 16.1. The molecule has 0 saturated heterocycles. The van der Waals surface area contributed by atoms with Crippen molar-refractivity contribution in [3.8, 4) is 16.9 Å². The van der Waals surface area contributed by atoms with E-state index in [1.165, 1.54) is 10.4 Å². The summed E-state index contributed by atoms with van der Waals surface area (Å²) in [5.74, 6) is -0.329. The van der Waals surface area contributed by atoms with Gasteiger partial charge in [-0.1, -0.05) is 18.2 Å². The maximum absolute atomic E-state index is 14.3. The number of anilines is 1. The maximum atomic E-state index is 14.3. The van der Waals surface area contributed by atoms with E-state index in [0.29, 0.717) is 22.9 Å². The Kier molecular flexibility index (Phi) is 4.50. The number of nitrogens with zero attached hydrogens (tertiary/aromatic N) is 1. The van der Waals surface area contributed by atoms with Crippen LogP contribution in [0.1, 0.15) is 24.3 Å². The summed E-state index contributed by atoms with van der Waals surface area (Å²) < 4.78 is 61.8. The second-order valence-electron chi connectivity index (χ2n) is 7.58. The quantitative estimate of drug-likeness (QED) is 0.582. The fourth-order valence-electron chi connectivity index (χ4n) is 3.80. The van der Waals surface area contributed by atoms with Gasteiger partial charge in [-0.3, -0.25) is 4.31 Å². The number of sulfonamides is 1. The second kappa shape index (κ2) is 7.09. The third-order valence-corrected chi connectivity index (χ3v) is 7.32. The van der Waals surface area contributed by atoms with Crippen molar-refractivity contribution in [2.24, 2.45) is 0 Å². The first-order valence-electron chi connectivity index (χ1n) is 9.78. The van der Waals surface area contributed by atoms with E-state index >= 15 is 0 Å². The van der Waals surface area contributed by atoms with Crippen molar-refractivity contribution in [3.63, 3.8) is 0 Å². The van der Waals surface area contributed by atoms with Crippen LogP contribution in [0, 0.1) is 11.6 Å². The third kappa shape index (κ3) is 3.33. The van der Waals surface area contributed by atoms with Crippen LogP contribution < -0.4 is 9.04 Å². The number of hydrogen-bond donors (Lipinski definition) is 0. The highest BCUT2D eigenvalue weighted by molar-refractivity contribution is 7.92. The van der Waals surface area contributed by atoms with Crippen molar-refractivity contribution < 1.29 is 21.9 Å². The fourth-order valence-corrected chi connectivity index (χ4v) is 5.31. The summed E-state index contributed by atoms with van der Waals surface area (Å²) in [5, 5.41) is 0. The van der Waals surface area contributed by atoms with Gasteiger partial charge >= 0.3 is 0 Å². The van der Waals surface area contributed by atoms with E-state index < -0.39 is 21.7 Å². The molecule has 154 valence electrons. The van der Waals surface area contributed by atoms with Crippen LogP contribution in [-0.4, -0.2) is 21.6 Å². The van der Waals surface area contributed by atoms with Crippen LogP contribution >= 0.6 is 0 Å². The van der Waals surface area contributed by atoms with Crippen molar-refractivity contribution >= 4 is 15.7 Å². The Morgan fingerprint density at radius 1 is 0.967 bits per heavy atom. The van der Waals surface area contributed by atoms with Crippen LogP contribution in [0.3, 0.4) is 0 Å². The van der Waals surface area contributed by atoms with Gasteiger partial charge in [0.25, 0.3) is 10.0 Å². The summed E-state index contributed by atoms with van der Waals surface area (Å²) >= 11 is 0. The summed E-state index contributed by atoms with van der Waals surface area (Å²) in [4.78, 5) is 0.224. The van der Waals surface area contributed by atoms with Gasteiger partial charge in [-0.05, 0) is 72.4 Å². The van der Waals surface area contributed by atoms with E-state index in [2.05, 4.69) is 0 Å². The second-order valence-corrected chi connectivity index (χ2v) is 9.44. The molecule has 0 bridgehead atoms. The smallest absolute Gasteiger partial charge is 0.264 e. The fraction of sp³-hybridized carbons (Fsp3) is 0.217. The van der Waals surface area contributed by atoms with Crippen LogP contribution in [0.25, 0.3) is 11.1 Å². The molecule has 0 aromatic heterocycles. The minimum Gasteiger partial charge on any atom is -0.489 e. The molecule has 7 heteroatoms. The first-order valence-corrected chi connectivity index (χ1v) is 11.2. The molecule has 0 unspecified atom stereocenters. The topological polar surface area (TPSA) is 46.6 Å². The number of benzene rings is 3. The number of ether oxygens (including phenoxy) is 1. The predicted octanol–water partition coefficient (Wildman–Crippen LogP) is 5.10. The Bertz CT molecular complexity index is 1240. The monoisotopic (exact) mass is 427 g/mol. The molecular weight excluding hydrogens is 408 g/mol. The maximum Gasteiger partial charge on any atom is 0.264 e. The van der Waals surface area contributed by atoms with Crippen molar-refractivity contribution in [1.29, 1.82) is 0 Å². The molecule has 4 nitrogen and oxygen atoms in total. The van der Waals surface area contributed by atoms with Crippen molar-refractivity contribution in [3.05, 3.63) is 77.9 Å². The van der Waals surface area contributed by atoms with Crippen molar-refractivity contribution in [2.45, 2.75) is 23.7 Å². The first-order chi connectivity index (χ1) is 14.4. The molecule has 1 saturated carbocycles. The lowest BCUT2D eigenvalue weighted by molar-refractivity contribution is 0.316. The minimum absolute atomic E-state index is 0.0662. The standard InChI is InChI=1S/C23H19F2NO3S/c24-18-7-8-21(25)20(14-18)17-6-9-23-22(13-17)26(10-11-29-23)30(27,28)19-3-1-2-16(12-19)15-4-5-15/h1-3,6-9,12-15H,4-5,10-11H2. The van der Waals surface area contributed by atoms with E-state index in [1.807, 2.05) is 6.07 Å². The van der Waals surface area contributed by atoms with E-state index in [1.54, 1.807) is 30.3 Å². The van der Waals surface area contributed by atoms with Gasteiger partial charge in [0.1, 0.15) is 24.0 Å². The molecule has 1 aliphatic carbocycles. The molecule has 0 atom stereocenters. The molecule has 1 heterocycles. The molecule has 3 aromatic carbocycles. The molecule has 3 aromatic rings. The summed E-state index contributed by atoms with van der Waals surface area (Å²) in [7, 11) is -3.84. The molecular formula is C23H19F2NO3S. The molecule has 5 rings (SSSR count). The van der Waals surface area contributed by atoms with Crippen molar-refractivity contribution in [2.75, 3.05) is 17.5 Å². The molecule has 1 aliphatic heterocycles. The highest BCUT2D eigenvalue weighted by atomic mass is 32.2. The number of halogens is 2. The summed E-state index contributed by atoms with van der Waals surface area (Å²) in [6.45, 7) is 0.348. The Morgan fingerprint density at radius 3 is 2.60 bits per heavy atom. The predicted molar refractivity (Wildman–Crippen MR) is 110 cm³/mol. The average Bonchev–Trinajstić information content (AvgIpc) is 3.60. The number of hydrogen-bond acceptors (Lipinski definition) is 3. The average molecular weight is 427 g/mol. The van der Waals surface area contributed by atoms with Gasteiger partial charge in [-0.15, -0.1) is 0 Å². The van der Waals surface area contributed by atoms with E-state index in [4.69, 9.17) is 4.74 Å². The molecule has 0 N–H and O–H groups in total. The SMILES string of the molecule is O=S(=O)(c1cccc(C2CC2)c1)N1CCOc2ccc(-c3cc(F)ccc3F)cc21. The Morgan fingerprint density at radius 2 is 1.80 bits per heavy atom. The molecule has 0 spiro atoms. The van der Waals surface area contributed by atoms with Crippen LogP contribution in [0.4, 0.5) is 14.5 Å². The number of rotatable bonds is 4. The van der Waals surface area contributed by atoms with E-state index in [0.717, 1.165) is 36.6 Å². The van der Waals surface area contributed by atoms with Crippen LogP contribution in [0.2, 0.25) is 0 Å². The van der Waals surface area contributed by atoms with Crippen LogP contribution in [0.5, 0.6) is 5.75 Å². The van der Waals surface area contributed by atoms with Crippen LogP contribution in [-0.2, 0) is 10.0 Å². The third-order valence-electron chi connectivity index (χ3n) is 5.51. The van der Waals surface area contributed by atoms with E-state index in [-0.39, 0.29) is 23.6 Å². The Labute approximate surface area is 173 Å². The van der Waals surface area contributed by atoms with Gasteiger partial charge in [0.05, 0.1) is 17.1 Å². The lowest BCUT2D eigenvalue weighted by Gasteiger charge is -2.31. The van der Waals surface area contributed by atoms with Crippen molar-refractivity contribution in [1.82, 2.24) is 0 Å². The molecule has 1 fully saturated rings. The molecule has 0 radical (unpaired) electrons. The highest BCUT2D eigenvalue weighted by Crippen LogP contribution is 2.42. The zero-order valence-electron chi connectivity index (χ0n) is 16.0. The van der Waals surface area contributed by atoms with Gasteiger partial charge in [-0.2, -0.15) is 0 Å². The molecule has 30 heavy (non-hydrogen) atoms. The van der Waals surface area contributed by atoms with Gasteiger partial charge in [-0.25, -0.2) is 17.2 Å². The minimum atomic E-state index is -3.84. The van der Waals surface area contributed by atoms with Gasteiger partial charge in [0, 0.05) is 5.56 Å². The molecule has 0 amide bonds. The molecule has 2 aliphatic rings. The van der Waals surface area contributed by atoms with Crippen LogP contribution in [0.15, 0.2) is 65.6 Å². The zero-order chi connectivity index (χ0) is 20.9. The first kappa shape index (κ1) is 19.1. The van der Waals surface area contributed by atoms with Gasteiger partial charge < -0.3 is 4.74 Å². The highest BCUT2D eigenvalue weighted by Gasteiger charge is 2.32. The summed E-state index contributed by atoms with van der Waals surface area (Å²) in [6.07, 6.45) is 2.15.